The number of amides is 1. The predicted octanol–water partition coefficient (Wildman–Crippen LogP) is 2.90. The minimum atomic E-state index is -0.335. The molecule has 2 aromatic rings. The molecule has 0 unspecified atom stereocenters. The summed E-state index contributed by atoms with van der Waals surface area (Å²) >= 11 is 0. The first-order chi connectivity index (χ1) is 13.8. The third-order valence-corrected chi connectivity index (χ3v) is 5.57. The molecule has 0 aromatic heterocycles. The van der Waals surface area contributed by atoms with Crippen molar-refractivity contribution in [2.24, 2.45) is 0 Å². The van der Waals surface area contributed by atoms with Crippen LogP contribution in [0.5, 0.6) is 0 Å². The van der Waals surface area contributed by atoms with Gasteiger partial charge in [-0.1, -0.05) is 24.3 Å². The third-order valence-electron chi connectivity index (χ3n) is 5.57. The van der Waals surface area contributed by atoms with Crippen LogP contribution < -0.4 is 5.32 Å². The van der Waals surface area contributed by atoms with Gasteiger partial charge in [-0.2, -0.15) is 0 Å². The Morgan fingerprint density at radius 1 is 0.966 bits per heavy atom. The first kappa shape index (κ1) is 19.5. The molecule has 1 N–H and O–H groups in total. The first-order valence-corrected chi connectivity index (χ1v) is 9.88. The van der Waals surface area contributed by atoms with Crippen molar-refractivity contribution in [2.45, 2.75) is 39.0 Å². The number of ketones is 2. The van der Waals surface area contributed by atoms with Crippen LogP contribution in [0.3, 0.4) is 0 Å². The van der Waals surface area contributed by atoms with Crippen molar-refractivity contribution < 1.29 is 19.1 Å². The van der Waals surface area contributed by atoms with E-state index in [9.17, 15) is 14.4 Å². The van der Waals surface area contributed by atoms with E-state index in [4.69, 9.17) is 4.74 Å². The van der Waals surface area contributed by atoms with Gasteiger partial charge in [-0.05, 0) is 39.0 Å². The van der Waals surface area contributed by atoms with E-state index in [0.717, 1.165) is 0 Å². The fourth-order valence-corrected chi connectivity index (χ4v) is 4.12. The van der Waals surface area contributed by atoms with Gasteiger partial charge >= 0.3 is 0 Å². The molecule has 1 fully saturated rings. The van der Waals surface area contributed by atoms with Gasteiger partial charge in [0.1, 0.15) is 0 Å². The van der Waals surface area contributed by atoms with Crippen LogP contribution in [0.4, 0.5) is 5.69 Å². The summed E-state index contributed by atoms with van der Waals surface area (Å²) in [5.74, 6) is -0.519. The summed E-state index contributed by atoms with van der Waals surface area (Å²) in [6.07, 6.45) is 0.142. The zero-order valence-corrected chi connectivity index (χ0v) is 16.8. The monoisotopic (exact) mass is 392 g/mol. The van der Waals surface area contributed by atoms with Crippen molar-refractivity contribution in [3.8, 4) is 0 Å². The van der Waals surface area contributed by atoms with Crippen LogP contribution in [0.15, 0.2) is 42.5 Å². The van der Waals surface area contributed by atoms with Crippen molar-refractivity contribution in [1.82, 2.24) is 4.90 Å². The number of nitrogens with one attached hydrogen (secondary N) is 1. The molecule has 6 heteroatoms. The lowest BCUT2D eigenvalue weighted by Crippen LogP contribution is -2.52. The molecule has 1 aliphatic carbocycles. The summed E-state index contributed by atoms with van der Waals surface area (Å²) in [5.41, 5.74) is 2.03. The molecule has 1 saturated heterocycles. The van der Waals surface area contributed by atoms with E-state index in [-0.39, 0.29) is 35.7 Å². The quantitative estimate of drug-likeness (QED) is 0.742. The Morgan fingerprint density at radius 2 is 1.52 bits per heavy atom. The Labute approximate surface area is 169 Å². The lowest BCUT2D eigenvalue weighted by atomic mass is 9.84. The van der Waals surface area contributed by atoms with Crippen molar-refractivity contribution in [3.63, 3.8) is 0 Å². The van der Waals surface area contributed by atoms with E-state index < -0.39 is 0 Å². The van der Waals surface area contributed by atoms with Gasteiger partial charge in [0.15, 0.2) is 11.6 Å². The van der Waals surface area contributed by atoms with E-state index in [2.05, 4.69) is 10.2 Å². The van der Waals surface area contributed by atoms with Crippen LogP contribution in [-0.2, 0) is 9.53 Å². The van der Waals surface area contributed by atoms with Gasteiger partial charge in [-0.15, -0.1) is 0 Å². The van der Waals surface area contributed by atoms with E-state index >= 15 is 0 Å². The van der Waals surface area contributed by atoms with Crippen molar-refractivity contribution >= 4 is 23.2 Å². The highest BCUT2D eigenvalue weighted by Gasteiger charge is 2.31. The number of morpholine rings is 1. The topological polar surface area (TPSA) is 75.7 Å². The Kier molecular flexibility index (Phi) is 5.06. The van der Waals surface area contributed by atoms with Crippen LogP contribution in [0.1, 0.15) is 52.6 Å². The minimum absolute atomic E-state index is 0.0708. The summed E-state index contributed by atoms with van der Waals surface area (Å²) in [6.45, 7) is 7.23. The van der Waals surface area contributed by atoms with E-state index in [1.54, 1.807) is 42.5 Å². The summed E-state index contributed by atoms with van der Waals surface area (Å²) in [7, 11) is 0. The van der Waals surface area contributed by atoms with Gasteiger partial charge in [0.2, 0.25) is 5.91 Å². The smallest absolute Gasteiger partial charge is 0.241 e. The highest BCUT2D eigenvalue weighted by Crippen LogP contribution is 2.29. The Bertz CT molecular complexity index is 990. The lowest BCUT2D eigenvalue weighted by molar-refractivity contribution is -0.126. The number of carbonyl (C=O) groups is 3. The van der Waals surface area contributed by atoms with E-state index in [1.807, 2.05) is 20.8 Å². The molecule has 4 rings (SSSR count). The maximum Gasteiger partial charge on any atom is 0.241 e. The molecule has 3 atom stereocenters. The fraction of sp³-hybridized carbons (Fsp3) is 0.348. The van der Waals surface area contributed by atoms with Crippen LogP contribution in [0.25, 0.3) is 0 Å². The Morgan fingerprint density at radius 3 is 2.14 bits per heavy atom. The highest BCUT2D eigenvalue weighted by atomic mass is 16.5. The average molecular weight is 392 g/mol. The summed E-state index contributed by atoms with van der Waals surface area (Å²) in [6, 6.07) is 11.4. The molecule has 0 bridgehead atoms. The molecule has 29 heavy (non-hydrogen) atoms. The van der Waals surface area contributed by atoms with Crippen molar-refractivity contribution in [2.75, 3.05) is 18.4 Å². The molecule has 0 spiro atoms. The number of benzene rings is 2. The second-order valence-corrected chi connectivity index (χ2v) is 7.84. The van der Waals surface area contributed by atoms with Crippen molar-refractivity contribution in [1.29, 1.82) is 0 Å². The second-order valence-electron chi connectivity index (χ2n) is 7.84. The second kappa shape index (κ2) is 7.54. The number of rotatable bonds is 3. The zero-order chi connectivity index (χ0) is 20.7. The molecule has 2 aromatic carbocycles. The van der Waals surface area contributed by atoms with Gasteiger partial charge in [-0.25, -0.2) is 0 Å². The summed E-state index contributed by atoms with van der Waals surface area (Å²) in [5, 5.41) is 2.89. The van der Waals surface area contributed by atoms with Gasteiger partial charge < -0.3 is 10.1 Å². The number of fused-ring (bicyclic) bond motifs is 2. The van der Waals surface area contributed by atoms with Gasteiger partial charge in [0.05, 0.1) is 18.2 Å². The molecular formula is C23H24N2O4. The molecule has 1 aliphatic heterocycles. The molecule has 2 aliphatic rings. The molecule has 1 amide bonds. The van der Waals surface area contributed by atoms with Crippen LogP contribution >= 0.6 is 0 Å². The fourth-order valence-electron chi connectivity index (χ4n) is 4.12. The molecule has 1 heterocycles. The number of hydrogen-bond donors (Lipinski definition) is 1. The van der Waals surface area contributed by atoms with Crippen LogP contribution in [0, 0.1) is 0 Å². The maximum atomic E-state index is 12.9. The van der Waals surface area contributed by atoms with E-state index in [1.165, 1.54) is 0 Å². The highest BCUT2D eigenvalue weighted by molar-refractivity contribution is 6.28. The van der Waals surface area contributed by atoms with Crippen molar-refractivity contribution in [3.05, 3.63) is 64.7 Å². The van der Waals surface area contributed by atoms with Gasteiger partial charge in [0, 0.05) is 41.0 Å². The Hall–Kier alpha value is -2.83. The van der Waals surface area contributed by atoms with E-state index in [0.29, 0.717) is 41.0 Å². The maximum absolute atomic E-state index is 12.9. The molecule has 0 radical (unpaired) electrons. The molecule has 6 nitrogen and oxygen atoms in total. The van der Waals surface area contributed by atoms with Crippen LogP contribution in [0.2, 0.25) is 0 Å². The summed E-state index contributed by atoms with van der Waals surface area (Å²) < 4.78 is 5.73. The molecule has 0 saturated carbocycles. The largest absolute Gasteiger partial charge is 0.373 e. The third kappa shape index (κ3) is 3.61. The van der Waals surface area contributed by atoms with Crippen LogP contribution in [-0.4, -0.2) is 53.7 Å². The lowest BCUT2D eigenvalue weighted by Gasteiger charge is -2.38. The minimum Gasteiger partial charge on any atom is -0.373 e. The first-order valence-electron chi connectivity index (χ1n) is 9.88. The number of nitrogens with zero attached hydrogens (tertiary/aromatic N) is 1. The predicted molar refractivity (Wildman–Crippen MR) is 109 cm³/mol. The Balaban J connectivity index is 1.54. The summed E-state index contributed by atoms with van der Waals surface area (Å²) in [4.78, 5) is 40.4. The average Bonchev–Trinajstić information content (AvgIpc) is 2.70. The zero-order valence-electron chi connectivity index (χ0n) is 16.8. The number of carbonyl (C=O) groups excluding carboxylic acids is 3. The number of ether oxygens (including phenoxy) is 1. The normalized spacial score (nSPS) is 22.6. The number of anilines is 1. The molecular weight excluding hydrogens is 368 g/mol. The van der Waals surface area contributed by atoms with Gasteiger partial charge in [-0.3, -0.25) is 19.3 Å². The van der Waals surface area contributed by atoms with Gasteiger partial charge in [0.25, 0.3) is 0 Å². The number of hydrogen-bond acceptors (Lipinski definition) is 5. The standard InChI is InChI=1S/C23H24N2O4/c1-13-11-25(12-14(2)29-13)15(3)23(28)24-16-8-9-19-20(10-16)22(27)18-7-5-4-6-17(18)21(19)26/h4-10,13-15H,11-12H2,1-3H3,(H,24,28)/t13-,14+,15-/m0/s1. The SMILES string of the molecule is C[C@@H]1CN([C@@H](C)C(=O)Nc2ccc3c(c2)C(=O)c2ccccc2C3=O)C[C@H](C)O1. The molecule has 150 valence electrons.